The standard InChI is InChI=1S/C18H16F2N4S/c19-11-5-15(20)17-16(6-11)25-18(22-17)24-10-13-7-14(24)9-23(13)8-12-3-1-2-4-21-12/h1-6,13-14H,7-10H2. The monoisotopic (exact) mass is 358 g/mol. The van der Waals surface area contributed by atoms with Crippen LogP contribution in [0.25, 0.3) is 10.2 Å². The lowest BCUT2D eigenvalue weighted by molar-refractivity contribution is 0.228. The van der Waals surface area contributed by atoms with Crippen molar-refractivity contribution >= 4 is 26.7 Å². The molecule has 3 aromatic rings. The summed E-state index contributed by atoms with van der Waals surface area (Å²) in [6, 6.07) is 9.09. The second-order valence-corrected chi connectivity index (χ2v) is 7.69. The predicted molar refractivity (Wildman–Crippen MR) is 93.7 cm³/mol. The third kappa shape index (κ3) is 2.58. The van der Waals surface area contributed by atoms with Gasteiger partial charge in [0.05, 0.1) is 10.4 Å². The summed E-state index contributed by atoms with van der Waals surface area (Å²) in [5.74, 6) is -1.14. The van der Waals surface area contributed by atoms with Crippen molar-refractivity contribution in [2.24, 2.45) is 0 Å². The third-order valence-electron chi connectivity index (χ3n) is 5.09. The molecule has 0 aliphatic carbocycles. The SMILES string of the molecule is Fc1cc(F)c2nc(N3CC4CC3CN4Cc3ccccn3)sc2c1. The summed E-state index contributed by atoms with van der Waals surface area (Å²) >= 11 is 1.37. The lowest BCUT2D eigenvalue weighted by atomic mass is 10.2. The number of pyridine rings is 1. The number of anilines is 1. The smallest absolute Gasteiger partial charge is 0.186 e. The van der Waals surface area contributed by atoms with E-state index in [9.17, 15) is 8.78 Å². The number of halogens is 2. The zero-order valence-electron chi connectivity index (χ0n) is 13.4. The van der Waals surface area contributed by atoms with Crippen LogP contribution in [0.1, 0.15) is 12.1 Å². The molecule has 2 bridgehead atoms. The van der Waals surface area contributed by atoms with Gasteiger partial charge in [-0.15, -0.1) is 0 Å². The molecule has 128 valence electrons. The van der Waals surface area contributed by atoms with Crippen LogP contribution in [0, 0.1) is 11.6 Å². The molecule has 4 nitrogen and oxygen atoms in total. The number of aromatic nitrogens is 2. The summed E-state index contributed by atoms with van der Waals surface area (Å²) in [5, 5.41) is 0.796. The second-order valence-electron chi connectivity index (χ2n) is 6.68. The minimum Gasteiger partial charge on any atom is -0.342 e. The van der Waals surface area contributed by atoms with Crippen LogP contribution >= 0.6 is 11.3 Å². The number of hydrogen-bond donors (Lipinski definition) is 0. The minimum absolute atomic E-state index is 0.273. The maximum atomic E-state index is 13.9. The molecule has 7 heteroatoms. The topological polar surface area (TPSA) is 32.3 Å². The average molecular weight is 358 g/mol. The first-order valence-electron chi connectivity index (χ1n) is 8.33. The van der Waals surface area contributed by atoms with Crippen molar-refractivity contribution in [1.29, 1.82) is 0 Å². The van der Waals surface area contributed by atoms with E-state index in [1.54, 1.807) is 0 Å². The van der Waals surface area contributed by atoms with E-state index in [4.69, 9.17) is 0 Å². The summed E-state index contributed by atoms with van der Waals surface area (Å²) in [6.07, 6.45) is 2.91. The molecule has 2 saturated heterocycles. The Bertz CT molecular complexity index is 929. The Hall–Kier alpha value is -2.12. The molecular formula is C18H16F2N4S. The summed E-state index contributed by atoms with van der Waals surface area (Å²) < 4.78 is 27.9. The fourth-order valence-electron chi connectivity index (χ4n) is 3.95. The van der Waals surface area contributed by atoms with Crippen LogP contribution < -0.4 is 4.90 Å². The van der Waals surface area contributed by atoms with Gasteiger partial charge in [-0.3, -0.25) is 9.88 Å². The normalized spacial score (nSPS) is 23.0. The van der Waals surface area contributed by atoms with Gasteiger partial charge in [-0.25, -0.2) is 13.8 Å². The van der Waals surface area contributed by atoms with Gasteiger partial charge in [0.25, 0.3) is 0 Å². The first kappa shape index (κ1) is 15.2. The maximum Gasteiger partial charge on any atom is 0.186 e. The summed E-state index contributed by atoms with van der Waals surface area (Å²) in [7, 11) is 0. The Morgan fingerprint density at radius 2 is 2.08 bits per heavy atom. The van der Waals surface area contributed by atoms with E-state index in [2.05, 4.69) is 25.8 Å². The number of hydrogen-bond acceptors (Lipinski definition) is 5. The molecule has 2 aliphatic heterocycles. The van der Waals surface area contributed by atoms with Crippen LogP contribution in [0.2, 0.25) is 0 Å². The minimum atomic E-state index is -0.585. The molecular weight excluding hydrogens is 342 g/mol. The number of fused-ring (bicyclic) bond motifs is 3. The van der Waals surface area contributed by atoms with Gasteiger partial charge in [-0.2, -0.15) is 0 Å². The highest BCUT2D eigenvalue weighted by molar-refractivity contribution is 7.22. The van der Waals surface area contributed by atoms with Crippen LogP contribution in [0.15, 0.2) is 36.5 Å². The first-order valence-corrected chi connectivity index (χ1v) is 9.15. The van der Waals surface area contributed by atoms with Crippen molar-refractivity contribution < 1.29 is 8.78 Å². The van der Waals surface area contributed by atoms with Crippen LogP contribution in [0.3, 0.4) is 0 Å². The molecule has 0 saturated carbocycles. The van der Waals surface area contributed by atoms with Gasteiger partial charge >= 0.3 is 0 Å². The van der Waals surface area contributed by atoms with E-state index in [1.807, 2.05) is 18.3 Å². The molecule has 0 N–H and O–H groups in total. The van der Waals surface area contributed by atoms with Crippen LogP contribution in [-0.4, -0.2) is 40.0 Å². The molecule has 0 amide bonds. The van der Waals surface area contributed by atoms with Gasteiger partial charge in [0.1, 0.15) is 11.3 Å². The molecule has 0 radical (unpaired) electrons. The lowest BCUT2D eigenvalue weighted by Crippen LogP contribution is -2.46. The molecule has 2 aromatic heterocycles. The van der Waals surface area contributed by atoms with Crippen molar-refractivity contribution in [1.82, 2.24) is 14.9 Å². The fourth-order valence-corrected chi connectivity index (χ4v) is 5.03. The van der Waals surface area contributed by atoms with Gasteiger partial charge in [0.15, 0.2) is 10.9 Å². The highest BCUT2D eigenvalue weighted by Crippen LogP contribution is 2.39. The highest BCUT2D eigenvalue weighted by Gasteiger charge is 2.44. The number of thiazole rings is 1. The number of rotatable bonds is 3. The number of likely N-dealkylation sites (tertiary alicyclic amines) is 1. The number of piperazine rings is 1. The average Bonchev–Trinajstić information content (AvgIpc) is 3.28. The van der Waals surface area contributed by atoms with Gasteiger partial charge in [-0.1, -0.05) is 17.4 Å². The maximum absolute atomic E-state index is 13.9. The van der Waals surface area contributed by atoms with E-state index < -0.39 is 11.6 Å². The van der Waals surface area contributed by atoms with Gasteiger partial charge in [-0.05, 0) is 24.6 Å². The van der Waals surface area contributed by atoms with Gasteiger partial charge in [0.2, 0.25) is 0 Å². The number of nitrogens with zero attached hydrogens (tertiary/aromatic N) is 4. The van der Waals surface area contributed by atoms with E-state index in [0.717, 1.165) is 42.9 Å². The molecule has 0 spiro atoms. The molecule has 4 heterocycles. The van der Waals surface area contributed by atoms with Crippen molar-refractivity contribution in [3.05, 3.63) is 53.9 Å². The largest absolute Gasteiger partial charge is 0.342 e. The zero-order valence-corrected chi connectivity index (χ0v) is 14.2. The predicted octanol–water partition coefficient (Wildman–Crippen LogP) is 3.43. The quantitative estimate of drug-likeness (QED) is 0.718. The molecule has 2 aliphatic rings. The Kier molecular flexibility index (Phi) is 3.46. The Labute approximate surface area is 147 Å². The van der Waals surface area contributed by atoms with Crippen LogP contribution in [-0.2, 0) is 6.54 Å². The molecule has 2 atom stereocenters. The van der Waals surface area contributed by atoms with Crippen LogP contribution in [0.5, 0.6) is 0 Å². The second kappa shape index (κ2) is 5.71. The van der Waals surface area contributed by atoms with E-state index in [1.165, 1.54) is 17.4 Å². The van der Waals surface area contributed by atoms with E-state index in [-0.39, 0.29) is 5.52 Å². The van der Waals surface area contributed by atoms with E-state index >= 15 is 0 Å². The van der Waals surface area contributed by atoms with Crippen molar-refractivity contribution in [3.8, 4) is 0 Å². The summed E-state index contributed by atoms with van der Waals surface area (Å²) in [4.78, 5) is 13.5. The first-order chi connectivity index (χ1) is 12.2. The molecule has 25 heavy (non-hydrogen) atoms. The molecule has 1 aromatic carbocycles. The molecule has 2 unspecified atom stereocenters. The Morgan fingerprint density at radius 3 is 2.84 bits per heavy atom. The van der Waals surface area contributed by atoms with Gasteiger partial charge in [0, 0.05) is 44.0 Å². The van der Waals surface area contributed by atoms with Crippen LogP contribution in [0.4, 0.5) is 13.9 Å². The van der Waals surface area contributed by atoms with Gasteiger partial charge < -0.3 is 4.90 Å². The number of benzene rings is 1. The van der Waals surface area contributed by atoms with Crippen molar-refractivity contribution in [3.63, 3.8) is 0 Å². The van der Waals surface area contributed by atoms with Crippen molar-refractivity contribution in [2.45, 2.75) is 25.0 Å². The summed E-state index contributed by atoms with van der Waals surface area (Å²) in [6.45, 7) is 2.69. The third-order valence-corrected chi connectivity index (χ3v) is 6.13. The highest BCUT2D eigenvalue weighted by atomic mass is 32.1. The fraction of sp³-hybridized carbons (Fsp3) is 0.333. The molecule has 5 rings (SSSR count). The Morgan fingerprint density at radius 1 is 1.16 bits per heavy atom. The zero-order chi connectivity index (χ0) is 17.0. The lowest BCUT2D eigenvalue weighted by Gasteiger charge is -2.33. The Balaban J connectivity index is 1.36. The molecule has 2 fully saturated rings. The van der Waals surface area contributed by atoms with Crippen molar-refractivity contribution in [2.75, 3.05) is 18.0 Å². The van der Waals surface area contributed by atoms with E-state index in [0.29, 0.717) is 16.8 Å². The summed E-state index contributed by atoms with van der Waals surface area (Å²) in [5.41, 5.74) is 1.36.